The zero-order chi connectivity index (χ0) is 9.97. The Balaban J connectivity index is 2.57. The fraction of sp³-hybridized carbons (Fsp3) is 0. The number of halogens is 2. The van der Waals surface area contributed by atoms with Crippen molar-refractivity contribution in [2.75, 3.05) is 0 Å². The number of nitrogens with zero attached hydrogens (tertiary/aromatic N) is 3. The van der Waals surface area contributed by atoms with Crippen molar-refractivity contribution in [1.82, 2.24) is 15.0 Å². The quantitative estimate of drug-likeness (QED) is 0.677. The van der Waals surface area contributed by atoms with Crippen LogP contribution in [0.25, 0.3) is 11.1 Å². The summed E-state index contributed by atoms with van der Waals surface area (Å²) in [6.45, 7) is 0. The van der Waals surface area contributed by atoms with E-state index < -0.39 is 5.95 Å². The third-order valence-corrected chi connectivity index (χ3v) is 1.88. The van der Waals surface area contributed by atoms with E-state index in [1.54, 1.807) is 0 Å². The Morgan fingerprint density at radius 3 is 2.57 bits per heavy atom. The maximum absolute atomic E-state index is 13.2. The van der Waals surface area contributed by atoms with Crippen molar-refractivity contribution < 1.29 is 4.39 Å². The summed E-state index contributed by atoms with van der Waals surface area (Å²) in [5, 5.41) is 0.380. The molecule has 0 unspecified atom stereocenters. The van der Waals surface area contributed by atoms with Crippen molar-refractivity contribution in [2.45, 2.75) is 0 Å². The zero-order valence-corrected chi connectivity index (χ0v) is 7.74. The molecule has 2 aromatic rings. The van der Waals surface area contributed by atoms with Gasteiger partial charge in [-0.25, -0.2) is 15.0 Å². The van der Waals surface area contributed by atoms with Crippen LogP contribution in [0.4, 0.5) is 4.39 Å². The summed E-state index contributed by atoms with van der Waals surface area (Å²) in [4.78, 5) is 11.1. The van der Waals surface area contributed by atoms with Crippen LogP contribution in [-0.4, -0.2) is 15.0 Å². The number of aromatic nitrogens is 3. The summed E-state index contributed by atoms with van der Waals surface area (Å²) in [5.41, 5.74) is 0.859. The minimum Gasteiger partial charge on any atom is -0.244 e. The van der Waals surface area contributed by atoms with Gasteiger partial charge in [-0.1, -0.05) is 11.6 Å². The minimum atomic E-state index is -0.579. The number of hydrogen-bond acceptors (Lipinski definition) is 3. The summed E-state index contributed by atoms with van der Waals surface area (Å²) in [5.74, 6) is -0.579. The molecule has 0 spiro atoms. The molecule has 5 heteroatoms. The first-order valence-electron chi connectivity index (χ1n) is 3.84. The molecule has 0 aliphatic rings. The lowest BCUT2D eigenvalue weighted by molar-refractivity contribution is 0.587. The highest BCUT2D eigenvalue weighted by atomic mass is 35.5. The topological polar surface area (TPSA) is 38.7 Å². The predicted octanol–water partition coefficient (Wildman–Crippen LogP) is 2.33. The highest BCUT2D eigenvalue weighted by molar-refractivity contribution is 6.30. The van der Waals surface area contributed by atoms with E-state index in [0.29, 0.717) is 16.1 Å². The molecule has 0 aliphatic carbocycles. The van der Waals surface area contributed by atoms with Gasteiger partial charge in [-0.3, -0.25) is 0 Å². The van der Waals surface area contributed by atoms with E-state index in [9.17, 15) is 4.39 Å². The zero-order valence-electron chi connectivity index (χ0n) is 6.98. The number of rotatable bonds is 1. The number of pyridine rings is 1. The first kappa shape index (κ1) is 9.02. The van der Waals surface area contributed by atoms with Crippen LogP contribution < -0.4 is 0 Å². The van der Waals surface area contributed by atoms with Gasteiger partial charge < -0.3 is 0 Å². The van der Waals surface area contributed by atoms with Gasteiger partial charge in [0.05, 0.1) is 5.02 Å². The summed E-state index contributed by atoms with van der Waals surface area (Å²) < 4.78 is 13.2. The molecular weight excluding hydrogens is 205 g/mol. The van der Waals surface area contributed by atoms with Crippen LogP contribution in [0.1, 0.15) is 0 Å². The maximum atomic E-state index is 13.2. The summed E-state index contributed by atoms with van der Waals surface area (Å²) in [6.07, 6.45) is 5.64. The molecule has 0 aliphatic heterocycles. The lowest BCUT2D eigenvalue weighted by Crippen LogP contribution is -1.89. The molecule has 0 fully saturated rings. The van der Waals surface area contributed by atoms with Crippen molar-refractivity contribution in [3.63, 3.8) is 0 Å². The molecule has 0 radical (unpaired) electrons. The van der Waals surface area contributed by atoms with Crippen LogP contribution in [0.3, 0.4) is 0 Å². The van der Waals surface area contributed by atoms with Crippen LogP contribution in [0.15, 0.2) is 31.0 Å². The predicted molar refractivity (Wildman–Crippen MR) is 50.2 cm³/mol. The molecule has 0 bridgehead atoms. The molecule has 0 saturated heterocycles. The lowest BCUT2D eigenvalue weighted by atomic mass is 10.1. The largest absolute Gasteiger partial charge is 0.244 e. The van der Waals surface area contributed by atoms with Crippen LogP contribution in [-0.2, 0) is 0 Å². The van der Waals surface area contributed by atoms with E-state index in [1.165, 1.54) is 31.0 Å². The first-order valence-corrected chi connectivity index (χ1v) is 4.21. The smallest absolute Gasteiger partial charge is 0.220 e. The van der Waals surface area contributed by atoms with Crippen molar-refractivity contribution in [2.24, 2.45) is 0 Å². The van der Waals surface area contributed by atoms with Gasteiger partial charge in [0.2, 0.25) is 5.95 Å². The molecule has 0 aromatic carbocycles. The van der Waals surface area contributed by atoms with Crippen molar-refractivity contribution in [1.29, 1.82) is 0 Å². The fourth-order valence-electron chi connectivity index (χ4n) is 1.06. The Labute approximate surface area is 84.6 Å². The van der Waals surface area contributed by atoms with E-state index in [4.69, 9.17) is 11.6 Å². The third kappa shape index (κ3) is 1.70. The van der Waals surface area contributed by atoms with E-state index in [0.717, 1.165) is 0 Å². The van der Waals surface area contributed by atoms with Crippen molar-refractivity contribution in [3.8, 4) is 11.1 Å². The average molecular weight is 210 g/mol. The molecule has 0 atom stereocenters. The Bertz CT molecular complexity index is 447. The molecule has 3 nitrogen and oxygen atoms in total. The average Bonchev–Trinajstić information content (AvgIpc) is 2.23. The molecular formula is C9H5ClFN3. The second kappa shape index (κ2) is 3.67. The number of hydrogen-bond donors (Lipinski definition) is 0. The second-order valence-electron chi connectivity index (χ2n) is 2.62. The van der Waals surface area contributed by atoms with Gasteiger partial charge in [-0.15, -0.1) is 0 Å². The molecule has 70 valence electrons. The molecule has 14 heavy (non-hydrogen) atoms. The standard InChI is InChI=1S/C9H5ClFN3/c10-7-1-8(9(11)14-4-7)6-2-12-5-13-3-6/h1-5H. The molecule has 2 aromatic heterocycles. The lowest BCUT2D eigenvalue weighted by Gasteiger charge is -2.01. The Hall–Kier alpha value is -1.55. The SMILES string of the molecule is Fc1ncc(Cl)cc1-c1cncnc1. The van der Waals surface area contributed by atoms with Crippen molar-refractivity contribution in [3.05, 3.63) is 42.0 Å². The highest BCUT2D eigenvalue weighted by Gasteiger charge is 2.06. The first-order chi connectivity index (χ1) is 6.77. The van der Waals surface area contributed by atoms with Crippen LogP contribution in [0, 0.1) is 5.95 Å². The normalized spacial score (nSPS) is 10.1. The maximum Gasteiger partial charge on any atom is 0.220 e. The van der Waals surface area contributed by atoms with Gasteiger partial charge >= 0.3 is 0 Å². The fourth-order valence-corrected chi connectivity index (χ4v) is 1.22. The van der Waals surface area contributed by atoms with Gasteiger partial charge in [-0.2, -0.15) is 4.39 Å². The van der Waals surface area contributed by atoms with Crippen molar-refractivity contribution >= 4 is 11.6 Å². The van der Waals surface area contributed by atoms with E-state index in [1.807, 2.05) is 0 Å². The highest BCUT2D eigenvalue weighted by Crippen LogP contribution is 2.22. The van der Waals surface area contributed by atoms with Crippen LogP contribution in [0.5, 0.6) is 0 Å². The monoisotopic (exact) mass is 209 g/mol. The van der Waals surface area contributed by atoms with Crippen LogP contribution in [0.2, 0.25) is 5.02 Å². The summed E-state index contributed by atoms with van der Waals surface area (Å²) in [7, 11) is 0. The Morgan fingerprint density at radius 2 is 1.86 bits per heavy atom. The van der Waals surface area contributed by atoms with Gasteiger partial charge in [0, 0.05) is 29.7 Å². The minimum absolute atomic E-state index is 0.304. The Morgan fingerprint density at radius 1 is 1.14 bits per heavy atom. The van der Waals surface area contributed by atoms with E-state index in [2.05, 4.69) is 15.0 Å². The van der Waals surface area contributed by atoms with Gasteiger partial charge in [-0.05, 0) is 6.07 Å². The van der Waals surface area contributed by atoms with Gasteiger partial charge in [0.15, 0.2) is 0 Å². The summed E-state index contributed by atoms with van der Waals surface area (Å²) >= 11 is 5.70. The van der Waals surface area contributed by atoms with E-state index >= 15 is 0 Å². The molecule has 0 saturated carbocycles. The van der Waals surface area contributed by atoms with Crippen LogP contribution >= 0.6 is 11.6 Å². The van der Waals surface area contributed by atoms with Gasteiger partial charge in [0.25, 0.3) is 0 Å². The van der Waals surface area contributed by atoms with Gasteiger partial charge in [0.1, 0.15) is 6.33 Å². The van der Waals surface area contributed by atoms with E-state index in [-0.39, 0.29) is 0 Å². The molecule has 0 N–H and O–H groups in total. The second-order valence-corrected chi connectivity index (χ2v) is 3.06. The third-order valence-electron chi connectivity index (χ3n) is 1.68. The Kier molecular flexibility index (Phi) is 2.37. The molecule has 0 amide bonds. The summed E-state index contributed by atoms with van der Waals surface area (Å²) in [6, 6.07) is 1.49. The molecule has 2 rings (SSSR count). The molecule has 2 heterocycles.